The minimum atomic E-state index is -1.02. The molecule has 0 radical (unpaired) electrons. The maximum absolute atomic E-state index is 12.0. The van der Waals surface area contributed by atoms with Gasteiger partial charge in [-0.25, -0.2) is 4.79 Å². The Hall–Kier alpha value is -2.96. The van der Waals surface area contributed by atoms with E-state index in [2.05, 4.69) is 23.7 Å². The molecule has 6 nitrogen and oxygen atoms in total. The maximum Gasteiger partial charge on any atom is 0.336 e. The topological polar surface area (TPSA) is 65.9 Å². The van der Waals surface area contributed by atoms with Gasteiger partial charge in [0.2, 0.25) is 0 Å². The summed E-state index contributed by atoms with van der Waals surface area (Å²) in [6, 6.07) is 11.0. The van der Waals surface area contributed by atoms with Gasteiger partial charge >= 0.3 is 5.97 Å². The molecule has 1 heterocycles. The van der Waals surface area contributed by atoms with Gasteiger partial charge in [0.15, 0.2) is 0 Å². The van der Waals surface area contributed by atoms with Crippen LogP contribution in [0.3, 0.4) is 0 Å². The molecule has 0 amide bonds. The molecular weight excluding hydrogens is 473 g/mol. The second-order valence-corrected chi connectivity index (χ2v) is 8.77. The molecule has 0 spiro atoms. The Morgan fingerprint density at radius 1 is 1.06 bits per heavy atom. The number of pyridine rings is 1. The number of aromatic carboxylic acids is 1. The zero-order valence-corrected chi connectivity index (χ0v) is 21.5. The molecule has 0 fully saturated rings. The lowest BCUT2D eigenvalue weighted by Crippen LogP contribution is -2.22. The molecule has 0 aliphatic carbocycles. The molecule has 8 heteroatoms. The van der Waals surface area contributed by atoms with E-state index in [1.165, 1.54) is 0 Å². The summed E-state index contributed by atoms with van der Waals surface area (Å²) in [5.41, 5.74) is 4.61. The molecular formula is C26H29Cl2N3O3. The Labute approximate surface area is 210 Å². The average molecular weight is 502 g/mol. The molecule has 0 atom stereocenters. The molecule has 0 saturated heterocycles. The third-order valence-corrected chi connectivity index (χ3v) is 6.48. The highest BCUT2D eigenvalue weighted by atomic mass is 35.5. The number of carboxylic acid groups (broad SMARTS) is 1. The minimum absolute atomic E-state index is 0.187. The number of carboxylic acids is 1. The standard InChI is InChI=1S/C26H29Cl2N3O3/c1-6-31(7-2)22-11-10-18(25(34-5)24(22)28)17-9-8-12-29-21(17)14-16-13-20(27)23(30(3)4)15-19(16)26(32)33/h8-13,15H,6-7,14H2,1-5H3,(H,32,33). The van der Waals surface area contributed by atoms with E-state index in [-0.39, 0.29) is 12.0 Å². The van der Waals surface area contributed by atoms with E-state index in [1.807, 2.05) is 38.4 Å². The summed E-state index contributed by atoms with van der Waals surface area (Å²) < 4.78 is 5.73. The number of carbonyl (C=O) groups is 1. The van der Waals surface area contributed by atoms with Crippen LogP contribution in [0, 0.1) is 0 Å². The van der Waals surface area contributed by atoms with Crippen molar-refractivity contribution in [3.8, 4) is 16.9 Å². The summed E-state index contributed by atoms with van der Waals surface area (Å²) in [4.78, 5) is 20.6. The summed E-state index contributed by atoms with van der Waals surface area (Å²) in [5.74, 6) is -0.462. The number of benzene rings is 2. The molecule has 0 aliphatic rings. The van der Waals surface area contributed by atoms with Crippen molar-refractivity contribution >= 4 is 40.5 Å². The Bertz CT molecular complexity index is 1190. The van der Waals surface area contributed by atoms with Crippen LogP contribution in [0.1, 0.15) is 35.5 Å². The van der Waals surface area contributed by atoms with Gasteiger partial charge in [0.05, 0.1) is 34.8 Å². The van der Waals surface area contributed by atoms with Gasteiger partial charge in [-0.2, -0.15) is 0 Å². The molecule has 1 N–H and O–H groups in total. The minimum Gasteiger partial charge on any atom is -0.494 e. The number of rotatable bonds is 9. The highest BCUT2D eigenvalue weighted by Gasteiger charge is 2.21. The molecule has 3 aromatic rings. The average Bonchev–Trinajstić information content (AvgIpc) is 2.80. The summed E-state index contributed by atoms with van der Waals surface area (Å²) in [6.45, 7) is 5.79. The van der Waals surface area contributed by atoms with Gasteiger partial charge in [0, 0.05) is 50.9 Å². The first-order valence-corrected chi connectivity index (χ1v) is 11.8. The zero-order valence-electron chi connectivity index (χ0n) is 20.0. The Balaban J connectivity index is 2.14. The van der Waals surface area contributed by atoms with Crippen LogP contribution in [0.5, 0.6) is 5.75 Å². The van der Waals surface area contributed by atoms with Crippen molar-refractivity contribution in [2.45, 2.75) is 20.3 Å². The molecule has 34 heavy (non-hydrogen) atoms. The van der Waals surface area contributed by atoms with E-state index in [0.717, 1.165) is 29.9 Å². The van der Waals surface area contributed by atoms with Gasteiger partial charge in [-0.1, -0.05) is 29.3 Å². The lowest BCUT2D eigenvalue weighted by molar-refractivity contribution is 0.0696. The van der Waals surface area contributed by atoms with Crippen LogP contribution in [0.25, 0.3) is 11.1 Å². The fraction of sp³-hybridized carbons (Fsp3) is 0.308. The van der Waals surface area contributed by atoms with E-state index >= 15 is 0 Å². The fourth-order valence-corrected chi connectivity index (χ4v) is 4.78. The molecule has 0 aliphatic heterocycles. The van der Waals surface area contributed by atoms with Gasteiger partial charge < -0.3 is 19.6 Å². The van der Waals surface area contributed by atoms with Crippen LogP contribution >= 0.6 is 23.2 Å². The number of methoxy groups -OCH3 is 1. The lowest BCUT2D eigenvalue weighted by Gasteiger charge is -2.24. The van der Waals surface area contributed by atoms with E-state index in [0.29, 0.717) is 32.7 Å². The SMILES string of the molecule is CCN(CC)c1ccc(-c2cccnc2Cc2cc(Cl)c(N(C)C)cc2C(=O)O)c(OC)c1Cl. The smallest absolute Gasteiger partial charge is 0.336 e. The second kappa shape index (κ2) is 11.0. The summed E-state index contributed by atoms with van der Waals surface area (Å²) >= 11 is 13.2. The number of hydrogen-bond donors (Lipinski definition) is 1. The van der Waals surface area contributed by atoms with Gasteiger partial charge in [0.25, 0.3) is 0 Å². The molecule has 3 rings (SSSR count). The predicted octanol–water partition coefficient (Wildman–Crippen LogP) is 6.27. The zero-order chi connectivity index (χ0) is 25.0. The van der Waals surface area contributed by atoms with Gasteiger partial charge in [-0.3, -0.25) is 4.98 Å². The van der Waals surface area contributed by atoms with Crippen LogP contribution in [0.15, 0.2) is 42.6 Å². The quantitative estimate of drug-likeness (QED) is 0.372. The highest BCUT2D eigenvalue weighted by molar-refractivity contribution is 6.35. The van der Waals surface area contributed by atoms with Crippen molar-refractivity contribution < 1.29 is 14.6 Å². The molecule has 0 unspecified atom stereocenters. The van der Waals surface area contributed by atoms with E-state index in [4.69, 9.17) is 27.9 Å². The number of ether oxygens (including phenoxy) is 1. The lowest BCUT2D eigenvalue weighted by atomic mass is 9.95. The Morgan fingerprint density at radius 2 is 1.76 bits per heavy atom. The molecule has 2 aromatic carbocycles. The van der Waals surface area contributed by atoms with Crippen molar-refractivity contribution in [2.75, 3.05) is 44.1 Å². The Morgan fingerprint density at radius 3 is 2.35 bits per heavy atom. The maximum atomic E-state index is 12.0. The van der Waals surface area contributed by atoms with Crippen molar-refractivity contribution in [3.05, 3.63) is 69.5 Å². The molecule has 1 aromatic heterocycles. The van der Waals surface area contributed by atoms with Crippen LogP contribution in [-0.4, -0.2) is 50.4 Å². The van der Waals surface area contributed by atoms with E-state index in [1.54, 1.807) is 30.3 Å². The highest BCUT2D eigenvalue weighted by Crippen LogP contribution is 2.43. The third kappa shape index (κ3) is 5.08. The normalized spacial score (nSPS) is 10.8. The number of aromatic nitrogens is 1. The largest absolute Gasteiger partial charge is 0.494 e. The second-order valence-electron chi connectivity index (χ2n) is 7.99. The fourth-order valence-electron chi connectivity index (χ4n) is 4.06. The monoisotopic (exact) mass is 501 g/mol. The third-order valence-electron chi connectivity index (χ3n) is 5.81. The van der Waals surface area contributed by atoms with Crippen LogP contribution in [0.2, 0.25) is 10.0 Å². The van der Waals surface area contributed by atoms with Crippen molar-refractivity contribution in [1.29, 1.82) is 0 Å². The Kier molecular flexibility index (Phi) is 8.28. The van der Waals surface area contributed by atoms with E-state index < -0.39 is 5.97 Å². The summed E-state index contributed by atoms with van der Waals surface area (Å²) in [6.07, 6.45) is 1.97. The first-order valence-electron chi connectivity index (χ1n) is 11.0. The van der Waals surface area contributed by atoms with Gasteiger partial charge in [0.1, 0.15) is 10.8 Å². The summed E-state index contributed by atoms with van der Waals surface area (Å²) in [7, 11) is 5.23. The van der Waals surface area contributed by atoms with Crippen LogP contribution in [0.4, 0.5) is 11.4 Å². The number of anilines is 2. The number of nitrogens with zero attached hydrogens (tertiary/aromatic N) is 3. The summed E-state index contributed by atoms with van der Waals surface area (Å²) in [5, 5.41) is 10.9. The van der Waals surface area contributed by atoms with Crippen molar-refractivity contribution in [1.82, 2.24) is 4.98 Å². The first-order chi connectivity index (χ1) is 16.2. The molecule has 180 valence electrons. The number of hydrogen-bond acceptors (Lipinski definition) is 5. The molecule has 0 bridgehead atoms. The van der Waals surface area contributed by atoms with Crippen molar-refractivity contribution in [2.24, 2.45) is 0 Å². The first kappa shape index (κ1) is 25.7. The molecule has 0 saturated carbocycles. The van der Waals surface area contributed by atoms with E-state index in [9.17, 15) is 9.90 Å². The van der Waals surface area contributed by atoms with Crippen molar-refractivity contribution in [3.63, 3.8) is 0 Å². The van der Waals surface area contributed by atoms with Gasteiger partial charge in [-0.15, -0.1) is 0 Å². The number of halogens is 2. The van der Waals surface area contributed by atoms with Gasteiger partial charge in [-0.05, 0) is 49.7 Å². The predicted molar refractivity (Wildman–Crippen MR) is 140 cm³/mol. The van der Waals surface area contributed by atoms with Crippen LogP contribution < -0.4 is 14.5 Å². The van der Waals surface area contributed by atoms with Crippen LogP contribution in [-0.2, 0) is 6.42 Å².